The summed E-state index contributed by atoms with van der Waals surface area (Å²) in [6.07, 6.45) is 3.34. The highest BCUT2D eigenvalue weighted by atomic mass is 16.3. The fourth-order valence-corrected chi connectivity index (χ4v) is 2.18. The van der Waals surface area contributed by atoms with Crippen LogP contribution in [0.5, 0.6) is 0 Å². The molecule has 1 saturated carbocycles. The van der Waals surface area contributed by atoms with E-state index < -0.39 is 0 Å². The Balaban J connectivity index is 1.93. The van der Waals surface area contributed by atoms with Gasteiger partial charge in [-0.05, 0) is 37.8 Å². The minimum absolute atomic E-state index is 0.153. The van der Waals surface area contributed by atoms with Crippen LogP contribution in [0.1, 0.15) is 36.2 Å². The lowest BCUT2D eigenvalue weighted by atomic mass is 9.93. The van der Waals surface area contributed by atoms with Crippen molar-refractivity contribution in [2.45, 2.75) is 37.8 Å². The molecule has 1 heterocycles. The zero-order chi connectivity index (χ0) is 13.8. The smallest absolute Gasteiger partial charge is 0.273 e. The molecule has 0 radical (unpaired) electrons. The topological polar surface area (TPSA) is 78.4 Å². The van der Waals surface area contributed by atoms with Crippen LogP contribution in [0.3, 0.4) is 0 Å². The Kier molecular flexibility index (Phi) is 4.31. The number of aliphatic hydroxyl groups is 1. The Labute approximate surface area is 112 Å². The maximum Gasteiger partial charge on any atom is 0.273 e. The van der Waals surface area contributed by atoms with E-state index >= 15 is 0 Å². The van der Waals surface area contributed by atoms with Crippen LogP contribution in [0.15, 0.2) is 12.1 Å². The number of nitrogens with one attached hydrogen (secondary N) is 1. The average molecular weight is 264 g/mol. The monoisotopic (exact) mass is 264 g/mol. The van der Waals surface area contributed by atoms with E-state index in [-0.39, 0.29) is 12.0 Å². The zero-order valence-electron chi connectivity index (χ0n) is 11.3. The molecule has 6 nitrogen and oxygen atoms in total. The number of hydrogen-bond acceptors (Lipinski definition) is 5. The fraction of sp³-hybridized carbons (Fsp3) is 0.615. The van der Waals surface area contributed by atoms with Gasteiger partial charge in [0.15, 0.2) is 5.69 Å². The first-order valence-electron chi connectivity index (χ1n) is 6.56. The van der Waals surface area contributed by atoms with E-state index in [1.165, 1.54) is 4.90 Å². The van der Waals surface area contributed by atoms with E-state index in [1.807, 2.05) is 0 Å². The lowest BCUT2D eigenvalue weighted by molar-refractivity contribution is 0.0821. The van der Waals surface area contributed by atoms with Crippen molar-refractivity contribution in [2.24, 2.45) is 0 Å². The van der Waals surface area contributed by atoms with Gasteiger partial charge in [0.25, 0.3) is 5.91 Å². The third kappa shape index (κ3) is 3.64. The molecule has 0 saturated heterocycles. The summed E-state index contributed by atoms with van der Waals surface area (Å²) in [5.41, 5.74) is 0.342. The van der Waals surface area contributed by atoms with Crippen LogP contribution < -0.4 is 5.32 Å². The molecule has 0 spiro atoms. The molecule has 2 rings (SSSR count). The number of amides is 1. The number of aromatic nitrogens is 2. The van der Waals surface area contributed by atoms with E-state index in [0.29, 0.717) is 17.6 Å². The van der Waals surface area contributed by atoms with E-state index in [0.717, 1.165) is 25.7 Å². The van der Waals surface area contributed by atoms with Crippen LogP contribution in [-0.4, -0.2) is 52.4 Å². The first kappa shape index (κ1) is 13.7. The molecule has 104 valence electrons. The van der Waals surface area contributed by atoms with Crippen LogP contribution in [-0.2, 0) is 0 Å². The highest BCUT2D eigenvalue weighted by Gasteiger charge is 2.19. The SMILES string of the molecule is CN(C)C(=O)c1ccc(NC2CCC(O)CC2)nn1. The van der Waals surface area contributed by atoms with E-state index in [2.05, 4.69) is 15.5 Å². The van der Waals surface area contributed by atoms with Gasteiger partial charge in [0.05, 0.1) is 6.10 Å². The first-order chi connectivity index (χ1) is 9.06. The average Bonchev–Trinajstić information content (AvgIpc) is 2.41. The number of hydrogen-bond donors (Lipinski definition) is 2. The molecule has 1 aromatic rings. The number of anilines is 1. The van der Waals surface area contributed by atoms with Crippen molar-refractivity contribution in [3.8, 4) is 0 Å². The van der Waals surface area contributed by atoms with Crippen LogP contribution in [0.2, 0.25) is 0 Å². The first-order valence-corrected chi connectivity index (χ1v) is 6.56. The molecule has 1 amide bonds. The maximum absolute atomic E-state index is 11.7. The number of aliphatic hydroxyl groups excluding tert-OH is 1. The predicted molar refractivity (Wildman–Crippen MR) is 71.9 cm³/mol. The van der Waals surface area contributed by atoms with Gasteiger partial charge in [0, 0.05) is 20.1 Å². The molecular formula is C13H20N4O2. The van der Waals surface area contributed by atoms with Crippen molar-refractivity contribution in [3.63, 3.8) is 0 Å². The summed E-state index contributed by atoms with van der Waals surface area (Å²) in [5, 5.41) is 20.7. The Morgan fingerprint density at radius 2 is 1.95 bits per heavy atom. The maximum atomic E-state index is 11.7. The third-order valence-electron chi connectivity index (χ3n) is 3.34. The number of carbonyl (C=O) groups excluding carboxylic acids is 1. The second-order valence-corrected chi connectivity index (χ2v) is 5.15. The van der Waals surface area contributed by atoms with Gasteiger partial charge < -0.3 is 15.3 Å². The van der Waals surface area contributed by atoms with Gasteiger partial charge in [0.1, 0.15) is 5.82 Å². The number of rotatable bonds is 3. The van der Waals surface area contributed by atoms with Crippen molar-refractivity contribution in [3.05, 3.63) is 17.8 Å². The Hall–Kier alpha value is -1.69. The van der Waals surface area contributed by atoms with E-state index in [9.17, 15) is 9.90 Å². The summed E-state index contributed by atoms with van der Waals surface area (Å²) < 4.78 is 0. The van der Waals surface area contributed by atoms with Crippen molar-refractivity contribution in [2.75, 3.05) is 19.4 Å². The highest BCUT2D eigenvalue weighted by molar-refractivity contribution is 5.91. The molecule has 6 heteroatoms. The minimum Gasteiger partial charge on any atom is -0.393 e. The van der Waals surface area contributed by atoms with Gasteiger partial charge in [-0.2, -0.15) is 0 Å². The quantitative estimate of drug-likeness (QED) is 0.848. The summed E-state index contributed by atoms with van der Waals surface area (Å²) in [6.45, 7) is 0. The molecule has 0 aliphatic heterocycles. The van der Waals surface area contributed by atoms with Gasteiger partial charge in [-0.15, -0.1) is 10.2 Å². The van der Waals surface area contributed by atoms with Crippen molar-refractivity contribution < 1.29 is 9.90 Å². The molecule has 0 unspecified atom stereocenters. The molecule has 0 atom stereocenters. The zero-order valence-corrected chi connectivity index (χ0v) is 11.3. The molecule has 0 bridgehead atoms. The Morgan fingerprint density at radius 3 is 2.47 bits per heavy atom. The Morgan fingerprint density at radius 1 is 1.26 bits per heavy atom. The number of nitrogens with zero attached hydrogens (tertiary/aromatic N) is 3. The predicted octanol–water partition coefficient (Wildman–Crippen LogP) is 0.894. The standard InChI is InChI=1S/C13H20N4O2/c1-17(2)13(19)11-7-8-12(16-15-11)14-9-3-5-10(18)6-4-9/h7-10,18H,3-6H2,1-2H3,(H,14,16). The summed E-state index contributed by atoms with van der Waals surface area (Å²) in [4.78, 5) is 13.1. The van der Waals surface area contributed by atoms with Crippen LogP contribution in [0.25, 0.3) is 0 Å². The summed E-state index contributed by atoms with van der Waals surface area (Å²) in [7, 11) is 3.37. The molecule has 1 aliphatic carbocycles. The second kappa shape index (κ2) is 5.97. The Bertz CT molecular complexity index is 425. The summed E-state index contributed by atoms with van der Waals surface area (Å²) in [5.74, 6) is 0.525. The summed E-state index contributed by atoms with van der Waals surface area (Å²) in [6, 6.07) is 3.78. The van der Waals surface area contributed by atoms with Crippen LogP contribution >= 0.6 is 0 Å². The van der Waals surface area contributed by atoms with Gasteiger partial charge >= 0.3 is 0 Å². The third-order valence-corrected chi connectivity index (χ3v) is 3.34. The largest absolute Gasteiger partial charge is 0.393 e. The lowest BCUT2D eigenvalue weighted by Crippen LogP contribution is -2.29. The van der Waals surface area contributed by atoms with E-state index in [4.69, 9.17) is 0 Å². The summed E-state index contributed by atoms with van der Waals surface area (Å²) >= 11 is 0. The van der Waals surface area contributed by atoms with Crippen LogP contribution in [0.4, 0.5) is 5.82 Å². The van der Waals surface area contributed by atoms with Gasteiger partial charge in [-0.3, -0.25) is 4.79 Å². The van der Waals surface area contributed by atoms with Gasteiger partial charge in [-0.1, -0.05) is 0 Å². The van der Waals surface area contributed by atoms with Crippen molar-refractivity contribution in [1.29, 1.82) is 0 Å². The molecule has 1 aliphatic rings. The van der Waals surface area contributed by atoms with Crippen molar-refractivity contribution >= 4 is 11.7 Å². The minimum atomic E-state index is -0.163. The van der Waals surface area contributed by atoms with Gasteiger partial charge in [-0.25, -0.2) is 0 Å². The molecule has 2 N–H and O–H groups in total. The second-order valence-electron chi connectivity index (χ2n) is 5.15. The highest BCUT2D eigenvalue weighted by Crippen LogP contribution is 2.21. The molecule has 1 fully saturated rings. The lowest BCUT2D eigenvalue weighted by Gasteiger charge is -2.26. The fourth-order valence-electron chi connectivity index (χ4n) is 2.18. The normalized spacial score (nSPS) is 22.9. The number of carbonyl (C=O) groups is 1. The van der Waals surface area contributed by atoms with Crippen LogP contribution in [0, 0.1) is 0 Å². The molecular weight excluding hydrogens is 244 g/mol. The molecule has 0 aromatic carbocycles. The van der Waals surface area contributed by atoms with Gasteiger partial charge in [0.2, 0.25) is 0 Å². The van der Waals surface area contributed by atoms with Crippen molar-refractivity contribution in [1.82, 2.24) is 15.1 Å². The molecule has 1 aromatic heterocycles. The molecule has 19 heavy (non-hydrogen) atoms. The van der Waals surface area contributed by atoms with E-state index in [1.54, 1.807) is 26.2 Å².